The number of hydrogen-bond donors (Lipinski definition) is 3. The van der Waals surface area contributed by atoms with Crippen molar-refractivity contribution in [3.63, 3.8) is 0 Å². The largest absolute Gasteiger partial charge is 0.463 e. The Morgan fingerprint density at radius 1 is 1.14 bits per heavy atom. The smallest absolute Gasteiger partial charge is 0.449 e. The van der Waals surface area contributed by atoms with E-state index in [9.17, 15) is 19.5 Å². The van der Waals surface area contributed by atoms with Crippen LogP contribution < -0.4 is 5.32 Å². The molecule has 1 atom stereocenters. The van der Waals surface area contributed by atoms with Gasteiger partial charge in [0.25, 0.3) is 0 Å². The fraction of sp³-hybridized carbons (Fsp3) is 0.478. The fourth-order valence-corrected chi connectivity index (χ4v) is 3.15. The van der Waals surface area contributed by atoms with E-state index in [1.807, 2.05) is 0 Å². The Morgan fingerprint density at radius 3 is 2.46 bits per heavy atom. The maximum atomic E-state index is 13.1. The number of benzene rings is 1. The van der Waals surface area contributed by atoms with Crippen LogP contribution in [0.15, 0.2) is 42.2 Å². The molecule has 1 saturated heterocycles. The molecule has 35 heavy (non-hydrogen) atoms. The molecule has 192 valence electrons. The molecule has 0 radical (unpaired) electrons. The van der Waals surface area contributed by atoms with Crippen molar-refractivity contribution in [2.75, 3.05) is 39.5 Å². The number of aliphatic hydroxyl groups is 1. The van der Waals surface area contributed by atoms with Gasteiger partial charge in [0.05, 0.1) is 32.5 Å². The molecule has 1 aliphatic rings. The molecular formula is C23H31N3O9. The maximum absolute atomic E-state index is 13.1. The Hall–Kier alpha value is -3.48. The molecule has 3 N–H and O–H groups in total. The highest BCUT2D eigenvalue weighted by atomic mass is 16.7. The standard InChI is InChI=1S/C23H31N3O9/c1-3-31-19(28)14-18(20(29)32-4-2)35-26(22(30)33-15-17-8-6-5-7-9-17)21(24)23(34-13-12-27)10-11-25-16-23/h5-9,14,24-25,27H,3-4,10-13,15-16H2,1-2H3. The number of ether oxygens (including phenoxy) is 4. The fourth-order valence-electron chi connectivity index (χ4n) is 3.15. The molecule has 1 aromatic rings. The highest BCUT2D eigenvalue weighted by molar-refractivity contribution is 5.99. The summed E-state index contributed by atoms with van der Waals surface area (Å²) in [5.74, 6) is -3.14. The van der Waals surface area contributed by atoms with Gasteiger partial charge in [-0.1, -0.05) is 35.4 Å². The van der Waals surface area contributed by atoms with Crippen molar-refractivity contribution in [1.29, 1.82) is 5.41 Å². The first-order valence-electron chi connectivity index (χ1n) is 11.2. The van der Waals surface area contributed by atoms with Crippen molar-refractivity contribution in [3.05, 3.63) is 47.7 Å². The number of hydrogen-bond acceptors (Lipinski definition) is 11. The summed E-state index contributed by atoms with van der Waals surface area (Å²) in [4.78, 5) is 43.0. The predicted molar refractivity (Wildman–Crippen MR) is 122 cm³/mol. The van der Waals surface area contributed by atoms with Crippen LogP contribution in [0.3, 0.4) is 0 Å². The summed E-state index contributed by atoms with van der Waals surface area (Å²) in [5, 5.41) is 21.5. The monoisotopic (exact) mass is 493 g/mol. The highest BCUT2D eigenvalue weighted by Gasteiger charge is 2.46. The van der Waals surface area contributed by atoms with E-state index in [0.717, 1.165) is 6.08 Å². The average Bonchev–Trinajstić information content (AvgIpc) is 3.34. The Bertz CT molecular complexity index is 899. The Kier molecular flexibility index (Phi) is 11.1. The molecular weight excluding hydrogens is 462 g/mol. The predicted octanol–water partition coefficient (Wildman–Crippen LogP) is 1.29. The van der Waals surface area contributed by atoms with Crippen LogP contribution in [0.4, 0.5) is 4.79 Å². The third-order valence-corrected chi connectivity index (χ3v) is 4.79. The summed E-state index contributed by atoms with van der Waals surface area (Å²) >= 11 is 0. The number of esters is 2. The number of nitrogens with one attached hydrogen (secondary N) is 2. The first kappa shape index (κ1) is 27.8. The topological polar surface area (TPSA) is 157 Å². The third-order valence-electron chi connectivity index (χ3n) is 4.79. The number of amides is 1. The summed E-state index contributed by atoms with van der Waals surface area (Å²) in [6.07, 6.45) is -0.134. The van der Waals surface area contributed by atoms with Crippen molar-refractivity contribution < 1.29 is 43.3 Å². The number of aliphatic hydroxyl groups excluding tert-OH is 1. The summed E-state index contributed by atoms with van der Waals surface area (Å²) < 4.78 is 20.8. The van der Waals surface area contributed by atoms with E-state index in [4.69, 9.17) is 29.2 Å². The van der Waals surface area contributed by atoms with Gasteiger partial charge < -0.3 is 34.2 Å². The van der Waals surface area contributed by atoms with Crippen LogP contribution in [0.1, 0.15) is 25.8 Å². The van der Waals surface area contributed by atoms with E-state index >= 15 is 0 Å². The summed E-state index contributed by atoms with van der Waals surface area (Å²) in [6.45, 7) is 3.15. The van der Waals surface area contributed by atoms with Gasteiger partial charge in [-0.15, -0.1) is 0 Å². The van der Waals surface area contributed by atoms with E-state index in [2.05, 4.69) is 5.32 Å². The van der Waals surface area contributed by atoms with Crippen LogP contribution in [-0.2, 0) is 40.0 Å². The van der Waals surface area contributed by atoms with Gasteiger partial charge in [-0.25, -0.2) is 14.4 Å². The molecule has 0 spiro atoms. The van der Waals surface area contributed by atoms with E-state index < -0.39 is 35.2 Å². The zero-order chi connectivity index (χ0) is 25.7. The van der Waals surface area contributed by atoms with E-state index in [1.54, 1.807) is 44.2 Å². The minimum atomic E-state index is -1.36. The number of hydroxylamine groups is 2. The van der Waals surface area contributed by atoms with Gasteiger partial charge in [0, 0.05) is 6.54 Å². The molecule has 1 amide bonds. The van der Waals surface area contributed by atoms with Crippen LogP contribution in [0.2, 0.25) is 0 Å². The van der Waals surface area contributed by atoms with E-state index in [0.29, 0.717) is 17.2 Å². The van der Waals surface area contributed by atoms with Crippen LogP contribution >= 0.6 is 0 Å². The summed E-state index contributed by atoms with van der Waals surface area (Å²) in [5.41, 5.74) is -0.688. The van der Waals surface area contributed by atoms with Crippen LogP contribution in [-0.4, -0.2) is 79.2 Å². The number of nitrogens with zero attached hydrogens (tertiary/aromatic N) is 1. The first-order valence-corrected chi connectivity index (χ1v) is 11.2. The molecule has 2 rings (SSSR count). The molecule has 0 saturated carbocycles. The minimum Gasteiger partial charge on any atom is -0.463 e. The number of carbonyl (C=O) groups excluding carboxylic acids is 3. The zero-order valence-corrected chi connectivity index (χ0v) is 19.8. The molecule has 1 unspecified atom stereocenters. The van der Waals surface area contributed by atoms with Crippen molar-refractivity contribution in [2.45, 2.75) is 32.5 Å². The zero-order valence-electron chi connectivity index (χ0n) is 19.8. The Labute approximate surface area is 203 Å². The Balaban J connectivity index is 2.37. The maximum Gasteiger partial charge on any atom is 0.449 e. The van der Waals surface area contributed by atoms with Crippen LogP contribution in [0.5, 0.6) is 0 Å². The van der Waals surface area contributed by atoms with Gasteiger partial charge in [0.1, 0.15) is 12.2 Å². The van der Waals surface area contributed by atoms with Gasteiger partial charge in [-0.3, -0.25) is 5.41 Å². The summed E-state index contributed by atoms with van der Waals surface area (Å²) in [6, 6.07) is 8.81. The highest BCUT2D eigenvalue weighted by Crippen LogP contribution is 2.25. The molecule has 0 bridgehead atoms. The number of carbonyl (C=O) groups is 3. The van der Waals surface area contributed by atoms with Crippen molar-refractivity contribution in [2.24, 2.45) is 0 Å². The van der Waals surface area contributed by atoms with Crippen molar-refractivity contribution >= 4 is 23.9 Å². The lowest BCUT2D eigenvalue weighted by molar-refractivity contribution is -0.151. The van der Waals surface area contributed by atoms with Gasteiger partial charge in [-0.2, -0.15) is 0 Å². The lowest BCUT2D eigenvalue weighted by atomic mass is 10.0. The van der Waals surface area contributed by atoms with E-state index in [-0.39, 0.29) is 46.0 Å². The molecule has 0 aliphatic carbocycles. The Morgan fingerprint density at radius 2 is 1.86 bits per heavy atom. The molecule has 1 aromatic carbocycles. The van der Waals surface area contributed by atoms with Crippen molar-refractivity contribution in [1.82, 2.24) is 10.4 Å². The number of rotatable bonds is 12. The third kappa shape index (κ3) is 8.05. The molecule has 12 nitrogen and oxygen atoms in total. The van der Waals surface area contributed by atoms with Gasteiger partial charge in [0.15, 0.2) is 5.84 Å². The molecule has 1 fully saturated rings. The molecule has 1 aliphatic heterocycles. The molecule has 1 heterocycles. The summed E-state index contributed by atoms with van der Waals surface area (Å²) in [7, 11) is 0. The van der Waals surface area contributed by atoms with Crippen molar-refractivity contribution in [3.8, 4) is 0 Å². The second kappa shape index (κ2) is 14.0. The molecule has 0 aromatic heterocycles. The normalized spacial score (nSPS) is 17.4. The number of amidine groups is 1. The van der Waals surface area contributed by atoms with Gasteiger partial charge in [0.2, 0.25) is 5.76 Å². The second-order valence-electron chi connectivity index (χ2n) is 7.25. The lowest BCUT2D eigenvalue weighted by Crippen LogP contribution is -2.54. The van der Waals surface area contributed by atoms with Gasteiger partial charge in [-0.05, 0) is 32.4 Å². The van der Waals surface area contributed by atoms with Crippen LogP contribution in [0, 0.1) is 5.41 Å². The minimum absolute atomic E-state index is 0.0356. The van der Waals surface area contributed by atoms with E-state index in [1.165, 1.54) is 0 Å². The second-order valence-corrected chi connectivity index (χ2v) is 7.25. The van der Waals surface area contributed by atoms with Crippen LogP contribution in [0.25, 0.3) is 0 Å². The first-order chi connectivity index (χ1) is 16.9. The molecule has 12 heteroatoms. The quantitative estimate of drug-likeness (QED) is 0.0737. The average molecular weight is 494 g/mol. The lowest BCUT2D eigenvalue weighted by Gasteiger charge is -2.33. The SMILES string of the molecule is CCOC(=O)C=C(ON(C(=N)C1(OCCO)CCNC1)C(=O)OCc1ccccc1)C(=O)OCC. The van der Waals surface area contributed by atoms with Gasteiger partial charge >= 0.3 is 18.0 Å².